The molecule has 0 saturated carbocycles. The van der Waals surface area contributed by atoms with Gasteiger partial charge in [0, 0.05) is 37.1 Å². The number of morpholine rings is 1. The van der Waals surface area contributed by atoms with Crippen LogP contribution in [0.1, 0.15) is 35.8 Å². The molecule has 1 amide bonds. The molecule has 0 aromatic carbocycles. The first-order valence-corrected chi connectivity index (χ1v) is 7.72. The van der Waals surface area contributed by atoms with E-state index < -0.39 is 0 Å². The molecule has 2 heterocycles. The lowest BCUT2D eigenvalue weighted by molar-refractivity contribution is -0.0226. The van der Waals surface area contributed by atoms with Crippen molar-refractivity contribution in [3.8, 4) is 0 Å². The number of likely N-dealkylation sites (N-methyl/N-ethyl adjacent to an activating group) is 1. The van der Waals surface area contributed by atoms with Gasteiger partial charge in [-0.05, 0) is 32.0 Å². The second-order valence-corrected chi connectivity index (χ2v) is 5.59. The first-order chi connectivity index (χ1) is 10.2. The maximum atomic E-state index is 12.1. The molecule has 0 bridgehead atoms. The Labute approximate surface area is 126 Å². The van der Waals surface area contributed by atoms with E-state index in [1.54, 1.807) is 12.3 Å². The van der Waals surface area contributed by atoms with Gasteiger partial charge in [0.05, 0.1) is 12.7 Å². The summed E-state index contributed by atoms with van der Waals surface area (Å²) >= 11 is 0. The number of hydrogen-bond donors (Lipinski definition) is 1. The summed E-state index contributed by atoms with van der Waals surface area (Å²) in [5, 5.41) is 2.97. The topological polar surface area (TPSA) is 54.5 Å². The van der Waals surface area contributed by atoms with Gasteiger partial charge < -0.3 is 15.0 Å². The summed E-state index contributed by atoms with van der Waals surface area (Å²) in [5.41, 5.74) is 1.66. The highest BCUT2D eigenvalue weighted by Crippen LogP contribution is 2.07. The van der Waals surface area contributed by atoms with E-state index in [1.165, 1.54) is 0 Å². The fourth-order valence-corrected chi connectivity index (χ4v) is 2.50. The molecule has 2 rings (SSSR count). The van der Waals surface area contributed by atoms with Crippen molar-refractivity contribution in [1.82, 2.24) is 15.2 Å². The van der Waals surface area contributed by atoms with Crippen LogP contribution in [0.5, 0.6) is 0 Å². The molecule has 5 nitrogen and oxygen atoms in total. The first kappa shape index (κ1) is 15.9. The molecular weight excluding hydrogens is 266 g/mol. The Morgan fingerprint density at radius 1 is 1.57 bits per heavy atom. The van der Waals surface area contributed by atoms with E-state index in [2.05, 4.69) is 29.2 Å². The monoisotopic (exact) mass is 291 g/mol. The maximum Gasteiger partial charge on any atom is 0.251 e. The Morgan fingerprint density at radius 2 is 2.43 bits per heavy atom. The Morgan fingerprint density at radius 3 is 3.19 bits per heavy atom. The summed E-state index contributed by atoms with van der Waals surface area (Å²) in [7, 11) is 2.10. The SMILES string of the molecule is CCCc1cc(C(=O)NCC[C@H]2CN(C)CCO2)ccn1. The van der Waals surface area contributed by atoms with Gasteiger partial charge in [-0.15, -0.1) is 0 Å². The Bertz CT molecular complexity index is 465. The molecule has 0 unspecified atom stereocenters. The van der Waals surface area contributed by atoms with E-state index in [1.807, 2.05) is 6.07 Å². The summed E-state index contributed by atoms with van der Waals surface area (Å²) < 4.78 is 5.68. The van der Waals surface area contributed by atoms with Crippen LogP contribution in [0, 0.1) is 0 Å². The molecule has 1 aromatic heterocycles. The zero-order chi connectivity index (χ0) is 15.1. The summed E-state index contributed by atoms with van der Waals surface area (Å²) in [5.74, 6) is -0.0288. The Kier molecular flexibility index (Phi) is 6.14. The lowest BCUT2D eigenvalue weighted by atomic mass is 10.1. The number of carbonyl (C=O) groups is 1. The smallest absolute Gasteiger partial charge is 0.251 e. The zero-order valence-electron chi connectivity index (χ0n) is 13.0. The minimum absolute atomic E-state index is 0.0288. The van der Waals surface area contributed by atoms with Gasteiger partial charge in [0.2, 0.25) is 0 Å². The molecule has 1 saturated heterocycles. The molecule has 1 fully saturated rings. The van der Waals surface area contributed by atoms with Gasteiger partial charge >= 0.3 is 0 Å². The van der Waals surface area contributed by atoms with Crippen molar-refractivity contribution in [2.24, 2.45) is 0 Å². The van der Waals surface area contributed by atoms with Gasteiger partial charge in [0.1, 0.15) is 0 Å². The third kappa shape index (κ3) is 5.10. The fourth-order valence-electron chi connectivity index (χ4n) is 2.50. The molecule has 1 aliphatic rings. The second-order valence-electron chi connectivity index (χ2n) is 5.59. The van der Waals surface area contributed by atoms with Crippen molar-refractivity contribution in [3.63, 3.8) is 0 Å². The minimum Gasteiger partial charge on any atom is -0.375 e. The summed E-state index contributed by atoms with van der Waals surface area (Å²) in [6.45, 7) is 5.45. The van der Waals surface area contributed by atoms with Gasteiger partial charge in [0.25, 0.3) is 5.91 Å². The summed E-state index contributed by atoms with van der Waals surface area (Å²) in [4.78, 5) is 18.6. The number of nitrogens with zero attached hydrogens (tertiary/aromatic N) is 2. The normalized spacial score (nSPS) is 19.4. The van der Waals surface area contributed by atoms with Crippen LogP contribution >= 0.6 is 0 Å². The summed E-state index contributed by atoms with van der Waals surface area (Å²) in [6.07, 6.45) is 4.72. The number of amides is 1. The molecule has 1 aliphatic heterocycles. The Hall–Kier alpha value is -1.46. The molecule has 0 aliphatic carbocycles. The quantitative estimate of drug-likeness (QED) is 0.862. The van der Waals surface area contributed by atoms with Gasteiger partial charge in [-0.25, -0.2) is 0 Å². The predicted molar refractivity (Wildman–Crippen MR) is 82.4 cm³/mol. The molecule has 21 heavy (non-hydrogen) atoms. The van der Waals surface area contributed by atoms with Crippen molar-refractivity contribution in [2.75, 3.05) is 33.3 Å². The van der Waals surface area contributed by atoms with Crippen LogP contribution in [-0.4, -0.2) is 55.2 Å². The van der Waals surface area contributed by atoms with Crippen molar-refractivity contribution in [2.45, 2.75) is 32.3 Å². The second kappa shape index (κ2) is 8.10. The van der Waals surface area contributed by atoms with Gasteiger partial charge in [-0.2, -0.15) is 0 Å². The molecule has 0 radical (unpaired) electrons. The van der Waals surface area contributed by atoms with Crippen LogP contribution in [0.3, 0.4) is 0 Å². The van der Waals surface area contributed by atoms with Gasteiger partial charge in [-0.3, -0.25) is 9.78 Å². The van der Waals surface area contributed by atoms with E-state index >= 15 is 0 Å². The third-order valence-electron chi connectivity index (χ3n) is 3.68. The number of hydrogen-bond acceptors (Lipinski definition) is 4. The molecule has 116 valence electrons. The molecule has 0 spiro atoms. The number of aryl methyl sites for hydroxylation is 1. The number of carbonyl (C=O) groups excluding carboxylic acids is 1. The van der Waals surface area contributed by atoms with Crippen LogP contribution in [0.15, 0.2) is 18.3 Å². The molecule has 1 aromatic rings. The first-order valence-electron chi connectivity index (χ1n) is 7.72. The lowest BCUT2D eigenvalue weighted by Gasteiger charge is -2.30. The zero-order valence-corrected chi connectivity index (χ0v) is 13.0. The van der Waals surface area contributed by atoms with Crippen LogP contribution in [-0.2, 0) is 11.2 Å². The van der Waals surface area contributed by atoms with Crippen LogP contribution in [0.2, 0.25) is 0 Å². The highest BCUT2D eigenvalue weighted by molar-refractivity contribution is 5.94. The van der Waals surface area contributed by atoms with Crippen molar-refractivity contribution in [1.29, 1.82) is 0 Å². The lowest BCUT2D eigenvalue weighted by Crippen LogP contribution is -2.41. The highest BCUT2D eigenvalue weighted by atomic mass is 16.5. The minimum atomic E-state index is -0.0288. The van der Waals surface area contributed by atoms with E-state index in [-0.39, 0.29) is 12.0 Å². The largest absolute Gasteiger partial charge is 0.375 e. The Balaban J connectivity index is 1.77. The molecular formula is C16H25N3O2. The van der Waals surface area contributed by atoms with Crippen molar-refractivity contribution < 1.29 is 9.53 Å². The predicted octanol–water partition coefficient (Wildman–Crippen LogP) is 1.48. The van der Waals surface area contributed by atoms with E-state index in [0.717, 1.165) is 44.7 Å². The fraction of sp³-hybridized carbons (Fsp3) is 0.625. The third-order valence-corrected chi connectivity index (χ3v) is 3.68. The summed E-state index contributed by atoms with van der Waals surface area (Å²) in [6, 6.07) is 3.64. The van der Waals surface area contributed by atoms with Crippen LogP contribution in [0.25, 0.3) is 0 Å². The number of aromatic nitrogens is 1. The standard InChI is InChI=1S/C16H25N3O2/c1-3-4-14-11-13(5-7-17-14)16(20)18-8-6-15-12-19(2)9-10-21-15/h5,7,11,15H,3-4,6,8-10,12H2,1-2H3,(H,18,20)/t15-/m0/s1. The molecule has 5 heteroatoms. The van der Waals surface area contributed by atoms with Crippen molar-refractivity contribution >= 4 is 5.91 Å². The number of nitrogens with one attached hydrogen (secondary N) is 1. The van der Waals surface area contributed by atoms with Crippen LogP contribution < -0.4 is 5.32 Å². The average molecular weight is 291 g/mol. The number of ether oxygens (including phenoxy) is 1. The van der Waals surface area contributed by atoms with E-state index in [9.17, 15) is 4.79 Å². The number of rotatable bonds is 6. The van der Waals surface area contributed by atoms with Crippen LogP contribution in [0.4, 0.5) is 0 Å². The van der Waals surface area contributed by atoms with Crippen molar-refractivity contribution in [3.05, 3.63) is 29.6 Å². The maximum absolute atomic E-state index is 12.1. The van der Waals surface area contributed by atoms with E-state index in [0.29, 0.717) is 12.1 Å². The highest BCUT2D eigenvalue weighted by Gasteiger charge is 2.17. The van der Waals surface area contributed by atoms with E-state index in [4.69, 9.17) is 4.74 Å². The van der Waals surface area contributed by atoms with Gasteiger partial charge in [0.15, 0.2) is 0 Å². The molecule has 1 atom stereocenters. The average Bonchev–Trinajstić information content (AvgIpc) is 2.48. The molecule has 1 N–H and O–H groups in total. The number of pyridine rings is 1. The van der Waals surface area contributed by atoms with Gasteiger partial charge in [-0.1, -0.05) is 13.3 Å².